The van der Waals surface area contributed by atoms with Gasteiger partial charge in [-0.25, -0.2) is 0 Å². The number of hydrogen-bond acceptors (Lipinski definition) is 6. The van der Waals surface area contributed by atoms with Crippen LogP contribution in [0, 0.1) is 10.8 Å². The average molecular weight is 525 g/mol. The van der Waals surface area contributed by atoms with Gasteiger partial charge in [0.1, 0.15) is 11.6 Å². The third-order valence-corrected chi connectivity index (χ3v) is 7.43. The van der Waals surface area contributed by atoms with Crippen molar-refractivity contribution >= 4 is 23.5 Å². The number of rotatable bonds is 24. The van der Waals surface area contributed by atoms with Crippen LogP contribution in [0.3, 0.4) is 0 Å². The smallest absolute Gasteiger partial charge is 0.311 e. The lowest BCUT2D eigenvalue weighted by molar-refractivity contribution is -0.151. The van der Waals surface area contributed by atoms with Crippen LogP contribution in [0.5, 0.6) is 0 Å². The Labute approximate surface area is 227 Å². The average Bonchev–Trinajstić information content (AvgIpc) is 2.84. The number of ketones is 2. The van der Waals surface area contributed by atoms with Gasteiger partial charge in [0.25, 0.3) is 0 Å². The second kappa shape index (κ2) is 20.3. The molecule has 0 aliphatic carbocycles. The molecular weight excluding hydrogens is 468 g/mol. The Balaban J connectivity index is 3.74. The molecular formula is C31H56O6. The fraction of sp³-hybridized carbons (Fsp3) is 0.871. The molecule has 6 nitrogen and oxygen atoms in total. The fourth-order valence-electron chi connectivity index (χ4n) is 4.76. The Bertz CT molecular complexity index is 665. The maximum absolute atomic E-state index is 12.3. The monoisotopic (exact) mass is 524 g/mol. The summed E-state index contributed by atoms with van der Waals surface area (Å²) in [5.41, 5.74) is -0.296. The van der Waals surface area contributed by atoms with Gasteiger partial charge in [-0.2, -0.15) is 0 Å². The van der Waals surface area contributed by atoms with Crippen LogP contribution in [-0.2, 0) is 28.7 Å². The van der Waals surface area contributed by atoms with E-state index < -0.39 is 5.41 Å². The lowest BCUT2D eigenvalue weighted by atomic mass is 9.81. The van der Waals surface area contributed by atoms with Crippen molar-refractivity contribution in [1.82, 2.24) is 0 Å². The number of ether oxygens (including phenoxy) is 2. The summed E-state index contributed by atoms with van der Waals surface area (Å²) in [6, 6.07) is 0. The van der Waals surface area contributed by atoms with Gasteiger partial charge in [0, 0.05) is 32.1 Å². The lowest BCUT2D eigenvalue weighted by Crippen LogP contribution is -2.25. The summed E-state index contributed by atoms with van der Waals surface area (Å²) < 4.78 is 9.46. The molecule has 0 aromatic rings. The Morgan fingerprint density at radius 3 is 1.43 bits per heavy atom. The summed E-state index contributed by atoms with van der Waals surface area (Å²) in [6.07, 6.45) is 17.2. The van der Waals surface area contributed by atoms with E-state index in [1.807, 2.05) is 13.8 Å². The number of esters is 2. The maximum atomic E-state index is 12.3. The molecule has 0 aromatic carbocycles. The molecule has 216 valence electrons. The van der Waals surface area contributed by atoms with Crippen molar-refractivity contribution < 1.29 is 28.7 Å². The van der Waals surface area contributed by atoms with E-state index in [-0.39, 0.29) is 28.9 Å². The zero-order valence-electron chi connectivity index (χ0n) is 24.9. The van der Waals surface area contributed by atoms with Crippen molar-refractivity contribution in [2.24, 2.45) is 10.8 Å². The second-order valence-corrected chi connectivity index (χ2v) is 12.1. The number of hydrogen-bond donors (Lipinski definition) is 0. The molecule has 0 radical (unpaired) electrons. The third kappa shape index (κ3) is 20.0. The quantitative estimate of drug-likeness (QED) is 0.0941. The Hall–Kier alpha value is -1.72. The standard InChI is InChI=1S/C31H56O6/c1-30(2,23-14-12-10-8-7-9-11-13-22-28(34)36-5)24-16-20-26(32)18-15-19-27(33)21-17-25-31(3,4)29(35)37-6/h7-25H2,1-6H3. The van der Waals surface area contributed by atoms with Crippen molar-refractivity contribution in [1.29, 1.82) is 0 Å². The van der Waals surface area contributed by atoms with Crippen LogP contribution in [0.4, 0.5) is 0 Å². The Morgan fingerprint density at radius 1 is 0.486 bits per heavy atom. The molecule has 0 heterocycles. The van der Waals surface area contributed by atoms with Gasteiger partial charge < -0.3 is 9.47 Å². The molecule has 0 aromatic heterocycles. The number of unbranched alkanes of at least 4 members (excludes halogenated alkanes) is 7. The second-order valence-electron chi connectivity index (χ2n) is 12.1. The molecule has 0 spiro atoms. The Kier molecular flexibility index (Phi) is 19.3. The molecule has 0 rings (SSSR count). The van der Waals surface area contributed by atoms with Gasteiger partial charge in [0.05, 0.1) is 19.6 Å². The highest BCUT2D eigenvalue weighted by Crippen LogP contribution is 2.30. The SMILES string of the molecule is COC(=O)CCCCCCCCCCC(C)(C)CCCC(=O)CCCC(=O)CCCC(C)(C)C(=O)OC. The largest absolute Gasteiger partial charge is 0.469 e. The van der Waals surface area contributed by atoms with Gasteiger partial charge in [-0.15, -0.1) is 0 Å². The van der Waals surface area contributed by atoms with Crippen molar-refractivity contribution in [3.05, 3.63) is 0 Å². The molecule has 0 N–H and O–H groups in total. The highest BCUT2D eigenvalue weighted by molar-refractivity contribution is 5.81. The zero-order valence-corrected chi connectivity index (χ0v) is 24.9. The van der Waals surface area contributed by atoms with Gasteiger partial charge in [-0.3, -0.25) is 19.2 Å². The number of carbonyl (C=O) groups excluding carboxylic acids is 4. The van der Waals surface area contributed by atoms with Crippen LogP contribution in [-0.4, -0.2) is 37.7 Å². The molecule has 37 heavy (non-hydrogen) atoms. The number of methoxy groups -OCH3 is 2. The van der Waals surface area contributed by atoms with Crippen LogP contribution in [0.15, 0.2) is 0 Å². The normalized spacial score (nSPS) is 11.8. The third-order valence-electron chi connectivity index (χ3n) is 7.43. The molecule has 0 aliphatic rings. The van der Waals surface area contributed by atoms with Gasteiger partial charge in [-0.05, 0) is 64.2 Å². The minimum atomic E-state index is -0.562. The molecule has 0 atom stereocenters. The summed E-state index contributed by atoms with van der Waals surface area (Å²) in [6.45, 7) is 8.28. The van der Waals surface area contributed by atoms with E-state index in [4.69, 9.17) is 4.74 Å². The van der Waals surface area contributed by atoms with E-state index >= 15 is 0 Å². The lowest BCUT2D eigenvalue weighted by Gasteiger charge is -2.24. The minimum Gasteiger partial charge on any atom is -0.469 e. The predicted octanol–water partition coefficient (Wildman–Crippen LogP) is 7.93. The molecule has 0 fully saturated rings. The van der Waals surface area contributed by atoms with E-state index in [2.05, 4.69) is 18.6 Å². The van der Waals surface area contributed by atoms with Crippen LogP contribution in [0.2, 0.25) is 0 Å². The Morgan fingerprint density at radius 2 is 0.919 bits per heavy atom. The van der Waals surface area contributed by atoms with E-state index in [1.54, 1.807) is 0 Å². The highest BCUT2D eigenvalue weighted by atomic mass is 16.5. The highest BCUT2D eigenvalue weighted by Gasteiger charge is 2.28. The van der Waals surface area contributed by atoms with Crippen molar-refractivity contribution in [2.75, 3.05) is 14.2 Å². The summed E-state index contributed by atoms with van der Waals surface area (Å²) in [5, 5.41) is 0. The van der Waals surface area contributed by atoms with E-state index in [1.165, 1.54) is 59.2 Å². The maximum Gasteiger partial charge on any atom is 0.311 e. The van der Waals surface area contributed by atoms with Crippen LogP contribution in [0.1, 0.15) is 150 Å². The van der Waals surface area contributed by atoms with E-state index in [9.17, 15) is 19.2 Å². The molecule has 0 saturated heterocycles. The number of Topliss-reactive ketones (excluding diaryl/α,β-unsaturated/α-hetero) is 2. The summed E-state index contributed by atoms with van der Waals surface area (Å²) >= 11 is 0. The molecule has 0 unspecified atom stereocenters. The number of carbonyl (C=O) groups is 4. The van der Waals surface area contributed by atoms with Crippen molar-refractivity contribution in [3.8, 4) is 0 Å². The van der Waals surface area contributed by atoms with Gasteiger partial charge in [0.2, 0.25) is 0 Å². The molecule has 0 bridgehead atoms. The van der Waals surface area contributed by atoms with Gasteiger partial charge >= 0.3 is 11.9 Å². The molecule has 0 saturated carbocycles. The first-order valence-corrected chi connectivity index (χ1v) is 14.6. The first-order chi connectivity index (χ1) is 17.4. The minimum absolute atomic E-state index is 0.107. The topological polar surface area (TPSA) is 86.7 Å². The first-order valence-electron chi connectivity index (χ1n) is 14.6. The van der Waals surface area contributed by atoms with Crippen LogP contribution >= 0.6 is 0 Å². The van der Waals surface area contributed by atoms with Crippen LogP contribution in [0.25, 0.3) is 0 Å². The van der Waals surface area contributed by atoms with Crippen molar-refractivity contribution in [3.63, 3.8) is 0 Å². The first kappa shape index (κ1) is 35.3. The summed E-state index contributed by atoms with van der Waals surface area (Å²) in [4.78, 5) is 47.1. The zero-order chi connectivity index (χ0) is 28.2. The van der Waals surface area contributed by atoms with Crippen LogP contribution < -0.4 is 0 Å². The van der Waals surface area contributed by atoms with E-state index in [0.717, 1.165) is 25.7 Å². The van der Waals surface area contributed by atoms with Crippen molar-refractivity contribution in [2.45, 2.75) is 150 Å². The predicted molar refractivity (Wildman–Crippen MR) is 149 cm³/mol. The molecule has 0 amide bonds. The van der Waals surface area contributed by atoms with E-state index in [0.29, 0.717) is 51.4 Å². The summed E-state index contributed by atoms with van der Waals surface area (Å²) in [7, 11) is 2.83. The molecule has 0 aliphatic heterocycles. The van der Waals surface area contributed by atoms with Gasteiger partial charge in [-0.1, -0.05) is 58.8 Å². The molecule has 6 heteroatoms. The summed E-state index contributed by atoms with van der Waals surface area (Å²) in [5.74, 6) is 0.0882. The van der Waals surface area contributed by atoms with Gasteiger partial charge in [0.15, 0.2) is 0 Å². The fourth-order valence-corrected chi connectivity index (χ4v) is 4.76.